The van der Waals surface area contributed by atoms with Crippen LogP contribution in [-0.4, -0.2) is 78.3 Å². The van der Waals surface area contributed by atoms with Crippen molar-refractivity contribution in [3.63, 3.8) is 0 Å². The van der Waals surface area contributed by atoms with Gasteiger partial charge in [-0.3, -0.25) is 14.5 Å². The van der Waals surface area contributed by atoms with Crippen LogP contribution in [-0.2, 0) is 16.0 Å². The molecule has 0 bridgehead atoms. The number of halogens is 4. The Morgan fingerprint density at radius 1 is 0.977 bits per heavy atom. The summed E-state index contributed by atoms with van der Waals surface area (Å²) in [6.07, 6.45) is -2.42. The van der Waals surface area contributed by atoms with E-state index in [4.69, 9.17) is 38.9 Å². The molecular formula is C34H47Cl4N3O3. The molecule has 0 aromatic heterocycles. The monoisotopic (exact) mass is 693 g/mol. The van der Waals surface area contributed by atoms with E-state index >= 15 is 0 Å². The van der Waals surface area contributed by atoms with Crippen molar-refractivity contribution in [2.24, 2.45) is 5.92 Å². The lowest BCUT2D eigenvalue weighted by Crippen LogP contribution is -2.43. The van der Waals surface area contributed by atoms with E-state index in [-0.39, 0.29) is 62.0 Å². The lowest BCUT2D eigenvalue weighted by Gasteiger charge is -2.35. The summed E-state index contributed by atoms with van der Waals surface area (Å²) in [5.41, 5.74) is 1.65. The maximum Gasteiger partial charge on any atom is 0.226 e. The third-order valence-corrected chi connectivity index (χ3v) is 9.15. The van der Waals surface area contributed by atoms with Gasteiger partial charge in [0.05, 0.1) is 5.92 Å². The highest BCUT2D eigenvalue weighted by molar-refractivity contribution is 6.35. The average molecular weight is 696 g/mol. The average Bonchev–Trinajstić information content (AvgIpc) is 3.64. The molecule has 3 fully saturated rings. The van der Waals surface area contributed by atoms with E-state index in [0.717, 1.165) is 24.0 Å². The molecule has 6 nitrogen and oxygen atoms in total. The summed E-state index contributed by atoms with van der Waals surface area (Å²) >= 11 is 12.6. The van der Waals surface area contributed by atoms with Gasteiger partial charge in [0.2, 0.25) is 11.8 Å². The third kappa shape index (κ3) is 9.42. The Morgan fingerprint density at radius 3 is 2.32 bits per heavy atom. The molecule has 2 aromatic carbocycles. The summed E-state index contributed by atoms with van der Waals surface area (Å²) in [5, 5.41) is 0.952. The molecule has 2 atom stereocenters. The minimum atomic E-state index is -3.11. The van der Waals surface area contributed by atoms with Gasteiger partial charge in [-0.1, -0.05) is 54.4 Å². The molecule has 0 saturated carbocycles. The predicted molar refractivity (Wildman–Crippen MR) is 184 cm³/mol. The number of piperidine rings is 1. The maximum absolute atomic E-state index is 14.0. The predicted octanol–water partition coefficient (Wildman–Crippen LogP) is 7.67. The number of benzene rings is 2. The number of hydrogen-bond acceptors (Lipinski definition) is 4. The Bertz CT molecular complexity index is 1530. The lowest BCUT2D eigenvalue weighted by atomic mass is 9.87. The van der Waals surface area contributed by atoms with E-state index in [0.29, 0.717) is 66.1 Å². The summed E-state index contributed by atoms with van der Waals surface area (Å²) in [6, 6.07) is 11.6. The minimum absolute atomic E-state index is 0. The van der Waals surface area contributed by atoms with Crippen molar-refractivity contribution in [1.29, 1.82) is 0 Å². The van der Waals surface area contributed by atoms with Gasteiger partial charge in [0.15, 0.2) is 0 Å². The van der Waals surface area contributed by atoms with Gasteiger partial charge in [0.25, 0.3) is 0 Å². The third-order valence-electron chi connectivity index (χ3n) is 8.56. The zero-order valence-corrected chi connectivity index (χ0v) is 28.0. The van der Waals surface area contributed by atoms with Crippen LogP contribution < -0.4 is 4.74 Å². The van der Waals surface area contributed by atoms with Crippen molar-refractivity contribution in [3.8, 4) is 5.75 Å². The molecule has 0 unspecified atom stereocenters. The molecule has 3 saturated heterocycles. The van der Waals surface area contributed by atoms with Crippen LogP contribution in [0.15, 0.2) is 42.5 Å². The zero-order chi connectivity index (χ0) is 36.6. The first-order chi connectivity index (χ1) is 23.4. The van der Waals surface area contributed by atoms with Gasteiger partial charge < -0.3 is 14.5 Å². The Morgan fingerprint density at radius 2 is 1.66 bits per heavy atom. The Labute approximate surface area is 296 Å². The Kier molecular flexibility index (Phi) is 10.7. The fourth-order valence-electron chi connectivity index (χ4n) is 6.07. The summed E-state index contributed by atoms with van der Waals surface area (Å²) < 4.78 is 72.6. The molecule has 10 heteroatoms. The molecule has 0 radical (unpaired) electrons. The standard InChI is InChI=1S/C34H45Cl2N3O3.2ClH/c1-2-29(37-15-5-6-16-37)24-42-32-10-4-3-9-30(32)25-13-19-39(20-14-25)34(41)27(22-33(40)38-17-7-8-18-38)21-26-11-12-28(35)23-31(26)36;;/h3-4,9-12,23,25,27,29H,2,5-8,13-22,24H2,1H3;2*1H/t27-,29-;;/m1../s1/i5D2,6D2,15D2,16D2;;. The van der Waals surface area contributed by atoms with E-state index < -0.39 is 37.7 Å². The summed E-state index contributed by atoms with van der Waals surface area (Å²) in [4.78, 5) is 31.5. The van der Waals surface area contributed by atoms with Crippen molar-refractivity contribution < 1.29 is 25.3 Å². The highest BCUT2D eigenvalue weighted by Crippen LogP contribution is 2.35. The van der Waals surface area contributed by atoms with Crippen molar-refractivity contribution in [2.45, 2.75) is 76.6 Å². The Balaban J connectivity index is 0.00000364. The van der Waals surface area contributed by atoms with Gasteiger partial charge in [0, 0.05) is 59.7 Å². The molecular weight excluding hydrogens is 640 g/mol. The highest BCUT2D eigenvalue weighted by atomic mass is 35.5. The first-order valence-corrected chi connectivity index (χ1v) is 15.7. The topological polar surface area (TPSA) is 53.1 Å². The number of carbonyl (C=O) groups is 2. The maximum atomic E-state index is 14.0. The van der Waals surface area contributed by atoms with Crippen LogP contribution in [0.1, 0.15) is 86.2 Å². The quantitative estimate of drug-likeness (QED) is 0.242. The summed E-state index contributed by atoms with van der Waals surface area (Å²) in [7, 11) is 0. The van der Waals surface area contributed by atoms with Gasteiger partial charge in [-0.2, -0.15) is 0 Å². The largest absolute Gasteiger partial charge is 0.492 e. The molecule has 44 heavy (non-hydrogen) atoms. The number of hydrogen-bond donors (Lipinski definition) is 0. The van der Waals surface area contributed by atoms with Crippen LogP contribution in [0.4, 0.5) is 0 Å². The lowest BCUT2D eigenvalue weighted by molar-refractivity contribution is -0.141. The first kappa shape index (κ1) is 26.4. The van der Waals surface area contributed by atoms with Gasteiger partial charge in [-0.05, 0) is 99.5 Å². The van der Waals surface area contributed by atoms with Crippen molar-refractivity contribution >= 4 is 59.8 Å². The van der Waals surface area contributed by atoms with Crippen molar-refractivity contribution in [1.82, 2.24) is 14.7 Å². The van der Waals surface area contributed by atoms with E-state index in [1.165, 1.54) is 0 Å². The summed E-state index contributed by atoms with van der Waals surface area (Å²) in [6.45, 7) is -2.00. The fraction of sp³-hybridized carbons (Fsp3) is 0.588. The Hall–Kier alpha value is -1.70. The zero-order valence-electron chi connectivity index (χ0n) is 32.9. The number of nitrogens with zero attached hydrogens (tertiary/aromatic N) is 3. The van der Waals surface area contributed by atoms with E-state index in [9.17, 15) is 9.59 Å². The number of ether oxygens (including phenoxy) is 1. The molecule has 0 spiro atoms. The summed E-state index contributed by atoms with van der Waals surface area (Å²) in [5.74, 6) is -0.150. The molecule has 3 aliphatic heterocycles. The highest BCUT2D eigenvalue weighted by Gasteiger charge is 2.33. The van der Waals surface area contributed by atoms with Crippen LogP contribution >= 0.6 is 48.0 Å². The molecule has 5 rings (SSSR count). The molecule has 244 valence electrons. The van der Waals surface area contributed by atoms with E-state index in [1.807, 2.05) is 21.9 Å². The second-order valence-electron chi connectivity index (χ2n) is 11.3. The van der Waals surface area contributed by atoms with Gasteiger partial charge >= 0.3 is 0 Å². The number of carbonyl (C=O) groups excluding carboxylic acids is 2. The number of amides is 2. The van der Waals surface area contributed by atoms with Crippen LogP contribution in [0.3, 0.4) is 0 Å². The number of rotatable bonds is 11. The fourth-order valence-corrected chi connectivity index (χ4v) is 6.56. The van der Waals surface area contributed by atoms with Gasteiger partial charge in [-0.25, -0.2) is 0 Å². The number of para-hydroxylation sites is 1. The molecule has 3 aliphatic rings. The molecule has 2 aromatic rings. The molecule has 0 N–H and O–H groups in total. The van der Waals surface area contributed by atoms with E-state index in [1.54, 1.807) is 37.3 Å². The van der Waals surface area contributed by atoms with Crippen molar-refractivity contribution in [2.75, 3.05) is 45.8 Å². The molecule has 0 aliphatic carbocycles. The van der Waals surface area contributed by atoms with Crippen LogP contribution in [0, 0.1) is 5.92 Å². The van der Waals surface area contributed by atoms with Crippen LogP contribution in [0.2, 0.25) is 10.0 Å². The smallest absolute Gasteiger partial charge is 0.226 e. The second kappa shape index (κ2) is 17.9. The normalized spacial score (nSPS) is 26.1. The van der Waals surface area contributed by atoms with E-state index in [2.05, 4.69) is 0 Å². The van der Waals surface area contributed by atoms with Gasteiger partial charge in [0.1, 0.15) is 12.4 Å². The van der Waals surface area contributed by atoms with Gasteiger partial charge in [-0.15, -0.1) is 24.8 Å². The number of likely N-dealkylation sites (tertiary alicyclic amines) is 3. The van der Waals surface area contributed by atoms with Crippen LogP contribution in [0.25, 0.3) is 0 Å². The molecule has 2 amide bonds. The first-order valence-electron chi connectivity index (χ1n) is 19.0. The van der Waals surface area contributed by atoms with Crippen LogP contribution in [0.5, 0.6) is 5.75 Å². The SMILES string of the molecule is Cl.Cl.[2H]C1([2H])N([C@H](CC)COc2ccccc2C2CCN(C(=O)[C@@H](CC(=O)N3CCCC3)Cc3ccc(Cl)cc3Cl)CC2)C([2H])([2H])C([2H])([2H])C1([2H])[2H]. The minimum Gasteiger partial charge on any atom is -0.492 e. The van der Waals surface area contributed by atoms with Crippen molar-refractivity contribution in [3.05, 3.63) is 63.6 Å². The molecule has 3 heterocycles. The second-order valence-corrected chi connectivity index (χ2v) is 12.1.